The summed E-state index contributed by atoms with van der Waals surface area (Å²) in [6.07, 6.45) is 0. The summed E-state index contributed by atoms with van der Waals surface area (Å²) in [6.45, 7) is 4.10. The second-order valence-electron chi connectivity index (χ2n) is 6.80. The predicted molar refractivity (Wildman–Crippen MR) is 104 cm³/mol. The van der Waals surface area contributed by atoms with Crippen molar-refractivity contribution in [1.29, 1.82) is 0 Å². The Morgan fingerprint density at radius 3 is 2.44 bits per heavy atom. The lowest BCUT2D eigenvalue weighted by molar-refractivity contribution is 0.0827. The number of fused-ring (bicyclic) bond motifs is 1. The second kappa shape index (κ2) is 7.19. The molecule has 2 amide bonds. The third kappa shape index (κ3) is 3.67. The Morgan fingerprint density at radius 2 is 1.81 bits per heavy atom. The number of amides is 2. The Labute approximate surface area is 158 Å². The van der Waals surface area contributed by atoms with E-state index in [0.717, 1.165) is 22.3 Å². The number of benzene rings is 1. The lowest BCUT2D eigenvalue weighted by Gasteiger charge is -2.11. The molecule has 0 spiro atoms. The average Bonchev–Trinajstić information content (AvgIpc) is 2.92. The number of hydrogen-bond donors (Lipinski definition) is 1. The Kier molecular flexibility index (Phi) is 4.94. The largest absolute Gasteiger partial charge is 0.348 e. The van der Waals surface area contributed by atoms with Crippen LogP contribution in [-0.4, -0.2) is 45.6 Å². The standard InChI is InChI=1S/C20H23N5O2/c1-12-10-16(17-13(2)23-25(5)18(17)22-12)19(26)21-11-14-6-8-15(9-7-14)20(27)24(3)4/h6-10H,11H2,1-5H3,(H,21,26). The van der Waals surface area contributed by atoms with E-state index in [1.54, 1.807) is 37.0 Å². The molecule has 3 aromatic rings. The van der Waals surface area contributed by atoms with Crippen molar-refractivity contribution in [2.45, 2.75) is 20.4 Å². The SMILES string of the molecule is Cc1cc(C(=O)NCc2ccc(C(=O)N(C)C)cc2)c2c(C)nn(C)c2n1. The van der Waals surface area contributed by atoms with Crippen LogP contribution in [0.3, 0.4) is 0 Å². The molecule has 0 fully saturated rings. The molecule has 7 nitrogen and oxygen atoms in total. The molecular weight excluding hydrogens is 342 g/mol. The maximum absolute atomic E-state index is 12.8. The highest BCUT2D eigenvalue weighted by Gasteiger charge is 2.17. The van der Waals surface area contributed by atoms with Gasteiger partial charge in [-0.2, -0.15) is 5.10 Å². The topological polar surface area (TPSA) is 80.1 Å². The zero-order valence-electron chi connectivity index (χ0n) is 16.2. The first kappa shape index (κ1) is 18.6. The van der Waals surface area contributed by atoms with E-state index in [1.807, 2.05) is 33.0 Å². The van der Waals surface area contributed by atoms with Crippen molar-refractivity contribution in [3.63, 3.8) is 0 Å². The smallest absolute Gasteiger partial charge is 0.253 e. The maximum Gasteiger partial charge on any atom is 0.253 e. The van der Waals surface area contributed by atoms with Gasteiger partial charge in [-0.15, -0.1) is 0 Å². The summed E-state index contributed by atoms with van der Waals surface area (Å²) >= 11 is 0. The first-order valence-electron chi connectivity index (χ1n) is 8.67. The molecule has 0 bridgehead atoms. The van der Waals surface area contributed by atoms with E-state index in [1.165, 1.54) is 4.90 Å². The molecule has 0 unspecified atom stereocenters. The molecule has 2 heterocycles. The van der Waals surface area contributed by atoms with Gasteiger partial charge in [-0.3, -0.25) is 14.3 Å². The van der Waals surface area contributed by atoms with Gasteiger partial charge in [0.15, 0.2) is 5.65 Å². The van der Waals surface area contributed by atoms with Gasteiger partial charge in [-0.05, 0) is 37.6 Å². The van der Waals surface area contributed by atoms with Crippen molar-refractivity contribution in [1.82, 2.24) is 25.0 Å². The van der Waals surface area contributed by atoms with Crippen LogP contribution >= 0.6 is 0 Å². The minimum atomic E-state index is -0.171. The Hall–Kier alpha value is -3.22. The number of rotatable bonds is 4. The van der Waals surface area contributed by atoms with E-state index in [9.17, 15) is 9.59 Å². The third-order valence-electron chi connectivity index (χ3n) is 4.40. The number of pyridine rings is 1. The van der Waals surface area contributed by atoms with Crippen LogP contribution in [0.5, 0.6) is 0 Å². The number of aryl methyl sites for hydroxylation is 3. The molecule has 2 aromatic heterocycles. The van der Waals surface area contributed by atoms with Crippen LogP contribution in [0, 0.1) is 13.8 Å². The molecule has 140 valence electrons. The fraction of sp³-hybridized carbons (Fsp3) is 0.300. The number of carbonyl (C=O) groups excluding carboxylic acids is 2. The van der Waals surface area contributed by atoms with Gasteiger partial charge in [0.2, 0.25) is 0 Å². The Balaban J connectivity index is 1.79. The number of aromatic nitrogens is 3. The monoisotopic (exact) mass is 365 g/mol. The van der Waals surface area contributed by atoms with Gasteiger partial charge in [0.25, 0.3) is 11.8 Å². The summed E-state index contributed by atoms with van der Waals surface area (Å²) in [4.78, 5) is 30.7. The summed E-state index contributed by atoms with van der Waals surface area (Å²) in [5.74, 6) is -0.220. The van der Waals surface area contributed by atoms with E-state index in [-0.39, 0.29) is 11.8 Å². The van der Waals surface area contributed by atoms with Crippen LogP contribution in [-0.2, 0) is 13.6 Å². The lowest BCUT2D eigenvalue weighted by atomic mass is 10.1. The summed E-state index contributed by atoms with van der Waals surface area (Å²) in [5, 5.41) is 8.09. The quantitative estimate of drug-likeness (QED) is 0.769. The zero-order chi connectivity index (χ0) is 19.7. The number of nitrogens with one attached hydrogen (secondary N) is 1. The second-order valence-corrected chi connectivity index (χ2v) is 6.80. The van der Waals surface area contributed by atoms with E-state index < -0.39 is 0 Å². The summed E-state index contributed by atoms with van der Waals surface area (Å²) < 4.78 is 1.69. The molecule has 0 saturated carbocycles. The van der Waals surface area contributed by atoms with Gasteiger partial charge in [-0.25, -0.2) is 4.98 Å². The van der Waals surface area contributed by atoms with Gasteiger partial charge in [0, 0.05) is 38.9 Å². The fourth-order valence-electron chi connectivity index (χ4n) is 3.05. The molecule has 0 aliphatic heterocycles. The number of hydrogen-bond acceptors (Lipinski definition) is 4. The van der Waals surface area contributed by atoms with Crippen molar-refractivity contribution < 1.29 is 9.59 Å². The van der Waals surface area contributed by atoms with Crippen molar-refractivity contribution in [2.75, 3.05) is 14.1 Å². The third-order valence-corrected chi connectivity index (χ3v) is 4.40. The van der Waals surface area contributed by atoms with E-state index in [4.69, 9.17) is 0 Å². The van der Waals surface area contributed by atoms with Crippen LogP contribution < -0.4 is 5.32 Å². The minimum absolute atomic E-state index is 0.0488. The molecule has 0 aliphatic rings. The molecular formula is C20H23N5O2. The number of carbonyl (C=O) groups is 2. The van der Waals surface area contributed by atoms with Gasteiger partial charge in [0.05, 0.1) is 16.6 Å². The molecule has 0 aliphatic carbocycles. The molecule has 3 rings (SSSR count). The van der Waals surface area contributed by atoms with Crippen LogP contribution in [0.1, 0.15) is 37.7 Å². The Morgan fingerprint density at radius 1 is 1.15 bits per heavy atom. The van der Waals surface area contributed by atoms with E-state index in [2.05, 4.69) is 15.4 Å². The molecule has 1 aromatic carbocycles. The summed E-state index contributed by atoms with van der Waals surface area (Å²) in [7, 11) is 5.25. The molecule has 27 heavy (non-hydrogen) atoms. The molecule has 1 N–H and O–H groups in total. The van der Waals surface area contributed by atoms with E-state index >= 15 is 0 Å². The first-order valence-corrected chi connectivity index (χ1v) is 8.67. The zero-order valence-corrected chi connectivity index (χ0v) is 16.2. The molecule has 7 heteroatoms. The van der Waals surface area contributed by atoms with Crippen LogP contribution in [0.4, 0.5) is 0 Å². The maximum atomic E-state index is 12.8. The Bertz CT molecular complexity index is 1020. The normalized spacial score (nSPS) is 10.9. The number of nitrogens with zero attached hydrogens (tertiary/aromatic N) is 4. The van der Waals surface area contributed by atoms with Gasteiger partial charge >= 0.3 is 0 Å². The lowest BCUT2D eigenvalue weighted by Crippen LogP contribution is -2.24. The minimum Gasteiger partial charge on any atom is -0.348 e. The van der Waals surface area contributed by atoms with Crippen LogP contribution in [0.2, 0.25) is 0 Å². The van der Waals surface area contributed by atoms with Crippen molar-refractivity contribution in [3.8, 4) is 0 Å². The van der Waals surface area contributed by atoms with Crippen LogP contribution in [0.15, 0.2) is 30.3 Å². The van der Waals surface area contributed by atoms with Crippen molar-refractivity contribution >= 4 is 22.8 Å². The van der Waals surface area contributed by atoms with Gasteiger partial charge in [-0.1, -0.05) is 12.1 Å². The predicted octanol–water partition coefficient (Wildman–Crippen LogP) is 2.22. The molecule has 0 atom stereocenters. The highest BCUT2D eigenvalue weighted by molar-refractivity contribution is 6.06. The highest BCUT2D eigenvalue weighted by atomic mass is 16.2. The summed E-state index contributed by atoms with van der Waals surface area (Å²) in [5.41, 5.74) is 4.35. The van der Waals surface area contributed by atoms with Gasteiger partial charge < -0.3 is 10.2 Å². The summed E-state index contributed by atoms with van der Waals surface area (Å²) in [6, 6.07) is 9.01. The highest BCUT2D eigenvalue weighted by Crippen LogP contribution is 2.21. The fourth-order valence-corrected chi connectivity index (χ4v) is 3.05. The van der Waals surface area contributed by atoms with Crippen molar-refractivity contribution in [2.24, 2.45) is 7.05 Å². The van der Waals surface area contributed by atoms with Gasteiger partial charge in [0.1, 0.15) is 0 Å². The van der Waals surface area contributed by atoms with E-state index in [0.29, 0.717) is 23.3 Å². The molecule has 0 radical (unpaired) electrons. The van der Waals surface area contributed by atoms with Crippen LogP contribution in [0.25, 0.3) is 11.0 Å². The van der Waals surface area contributed by atoms with Crippen molar-refractivity contribution in [3.05, 3.63) is 58.4 Å². The first-order chi connectivity index (χ1) is 12.8. The average molecular weight is 365 g/mol. The molecule has 0 saturated heterocycles.